The first kappa shape index (κ1) is 13.6. The van der Waals surface area contributed by atoms with E-state index in [1.807, 2.05) is 36.4 Å². The molecule has 0 spiro atoms. The Balaban J connectivity index is 2.13. The summed E-state index contributed by atoms with van der Waals surface area (Å²) in [7, 11) is 0. The van der Waals surface area contributed by atoms with Crippen molar-refractivity contribution in [3.63, 3.8) is 0 Å². The summed E-state index contributed by atoms with van der Waals surface area (Å²) in [4.78, 5) is 4.23. The van der Waals surface area contributed by atoms with E-state index in [1.165, 1.54) is 0 Å². The van der Waals surface area contributed by atoms with Crippen molar-refractivity contribution in [1.82, 2.24) is 10.4 Å². The van der Waals surface area contributed by atoms with E-state index in [2.05, 4.69) is 27.7 Å². The number of aromatic nitrogens is 1. The molecule has 0 saturated heterocycles. The number of hydrazone groups is 1. The van der Waals surface area contributed by atoms with Crippen LogP contribution in [0.3, 0.4) is 0 Å². The van der Waals surface area contributed by atoms with Gasteiger partial charge in [0.05, 0.1) is 17.5 Å². The molecule has 0 bridgehead atoms. The summed E-state index contributed by atoms with van der Waals surface area (Å²) in [6, 6.07) is 13.3. The highest BCUT2D eigenvalue weighted by molar-refractivity contribution is 7.80. The number of nitrogens with one attached hydrogen (secondary N) is 1. The molecule has 0 fully saturated rings. The van der Waals surface area contributed by atoms with Gasteiger partial charge in [0, 0.05) is 11.8 Å². The van der Waals surface area contributed by atoms with Crippen molar-refractivity contribution >= 4 is 23.5 Å². The number of benzene rings is 1. The molecule has 0 saturated carbocycles. The van der Waals surface area contributed by atoms with Crippen LogP contribution in [0.15, 0.2) is 47.7 Å². The highest BCUT2D eigenvalue weighted by Gasteiger charge is 1.99. The summed E-state index contributed by atoms with van der Waals surface area (Å²) in [5, 5.41) is 12.7. The van der Waals surface area contributed by atoms with Crippen LogP contribution in [0, 0.1) is 11.3 Å². The molecule has 0 radical (unpaired) electrons. The van der Waals surface area contributed by atoms with Crippen LogP contribution in [0.2, 0.25) is 0 Å². The molecule has 2 rings (SSSR count). The van der Waals surface area contributed by atoms with Crippen LogP contribution in [0.1, 0.15) is 11.1 Å². The third-order valence-electron chi connectivity index (χ3n) is 2.49. The maximum atomic E-state index is 8.73. The summed E-state index contributed by atoms with van der Waals surface area (Å²) in [5.41, 5.74) is 11.0. The van der Waals surface area contributed by atoms with Crippen molar-refractivity contribution in [1.29, 1.82) is 5.26 Å². The standard InChI is InChI=1S/C14H11N5S/c15-7-11-3-6-13(17-8-11)12-4-1-10(2-5-12)9-18-19-14(16)20/h1-6,8-9H,(H3,16,19,20). The fraction of sp³-hybridized carbons (Fsp3) is 0. The highest BCUT2D eigenvalue weighted by Crippen LogP contribution is 2.17. The summed E-state index contributed by atoms with van der Waals surface area (Å²) in [6.07, 6.45) is 3.17. The van der Waals surface area contributed by atoms with E-state index in [1.54, 1.807) is 18.5 Å². The number of thiocarbonyl (C=S) groups is 1. The number of hydrogen-bond acceptors (Lipinski definition) is 4. The van der Waals surface area contributed by atoms with Crippen LogP contribution in [-0.2, 0) is 0 Å². The maximum Gasteiger partial charge on any atom is 0.184 e. The van der Waals surface area contributed by atoms with Gasteiger partial charge < -0.3 is 5.73 Å². The topological polar surface area (TPSA) is 87.1 Å². The van der Waals surface area contributed by atoms with Gasteiger partial charge in [0.2, 0.25) is 0 Å². The quantitative estimate of drug-likeness (QED) is 0.509. The second kappa shape index (κ2) is 6.41. The molecule has 98 valence electrons. The number of nitrogens with two attached hydrogens (primary N) is 1. The molecule has 6 heteroatoms. The van der Waals surface area contributed by atoms with Crippen LogP contribution in [-0.4, -0.2) is 16.3 Å². The first-order chi connectivity index (χ1) is 9.69. The molecule has 1 aromatic carbocycles. The lowest BCUT2D eigenvalue weighted by Gasteiger charge is -2.01. The molecule has 1 aromatic heterocycles. The Morgan fingerprint density at radius 3 is 2.60 bits per heavy atom. The van der Waals surface area contributed by atoms with Gasteiger partial charge in [-0.25, -0.2) is 0 Å². The lowest BCUT2D eigenvalue weighted by Crippen LogP contribution is -2.23. The van der Waals surface area contributed by atoms with Crippen LogP contribution >= 0.6 is 12.2 Å². The van der Waals surface area contributed by atoms with Crippen molar-refractivity contribution in [2.45, 2.75) is 0 Å². The third kappa shape index (κ3) is 3.60. The van der Waals surface area contributed by atoms with Crippen molar-refractivity contribution < 1.29 is 0 Å². The molecule has 0 aliphatic heterocycles. The SMILES string of the molecule is N#Cc1ccc(-c2ccc(C=NNC(N)=S)cc2)nc1. The average Bonchev–Trinajstić information content (AvgIpc) is 2.48. The second-order valence-electron chi connectivity index (χ2n) is 3.90. The normalized spacial score (nSPS) is 10.2. The predicted octanol–water partition coefficient (Wildman–Crippen LogP) is 1.79. The summed E-state index contributed by atoms with van der Waals surface area (Å²) < 4.78 is 0. The molecule has 2 aromatic rings. The van der Waals surface area contributed by atoms with Gasteiger partial charge in [0.15, 0.2) is 5.11 Å². The fourth-order valence-electron chi connectivity index (χ4n) is 1.54. The zero-order valence-electron chi connectivity index (χ0n) is 10.4. The van der Waals surface area contributed by atoms with Crippen molar-refractivity contribution in [3.8, 4) is 17.3 Å². The lowest BCUT2D eigenvalue weighted by molar-refractivity contribution is 1.04. The maximum absolute atomic E-state index is 8.73. The Bertz CT molecular complexity index is 668. The molecule has 20 heavy (non-hydrogen) atoms. The molecule has 0 aliphatic rings. The lowest BCUT2D eigenvalue weighted by atomic mass is 10.1. The number of nitrogens with zero attached hydrogens (tertiary/aromatic N) is 3. The first-order valence-corrected chi connectivity index (χ1v) is 6.15. The number of rotatable bonds is 3. The van der Waals surface area contributed by atoms with Gasteiger partial charge in [0.25, 0.3) is 0 Å². The largest absolute Gasteiger partial charge is 0.375 e. The van der Waals surface area contributed by atoms with Gasteiger partial charge in [-0.2, -0.15) is 10.4 Å². The molecular formula is C14H11N5S. The van der Waals surface area contributed by atoms with Crippen molar-refractivity contribution in [2.75, 3.05) is 0 Å². The van der Waals surface area contributed by atoms with E-state index in [-0.39, 0.29) is 5.11 Å². The molecule has 0 atom stereocenters. The molecule has 0 amide bonds. The van der Waals surface area contributed by atoms with E-state index in [0.717, 1.165) is 16.8 Å². The molecule has 1 heterocycles. The molecular weight excluding hydrogens is 270 g/mol. The smallest absolute Gasteiger partial charge is 0.184 e. The minimum absolute atomic E-state index is 0.125. The highest BCUT2D eigenvalue weighted by atomic mass is 32.1. The minimum Gasteiger partial charge on any atom is -0.375 e. The average molecular weight is 281 g/mol. The Hall–Kier alpha value is -2.78. The van der Waals surface area contributed by atoms with E-state index >= 15 is 0 Å². The molecule has 5 nitrogen and oxygen atoms in total. The van der Waals surface area contributed by atoms with Gasteiger partial charge in [-0.3, -0.25) is 10.4 Å². The van der Waals surface area contributed by atoms with E-state index in [0.29, 0.717) is 5.56 Å². The molecule has 0 aliphatic carbocycles. The van der Waals surface area contributed by atoms with Gasteiger partial charge in [-0.1, -0.05) is 24.3 Å². The number of pyridine rings is 1. The van der Waals surface area contributed by atoms with Crippen molar-refractivity contribution in [2.24, 2.45) is 10.8 Å². The Kier molecular flexibility index (Phi) is 4.37. The zero-order valence-corrected chi connectivity index (χ0v) is 11.3. The molecule has 3 N–H and O–H groups in total. The Morgan fingerprint density at radius 1 is 1.30 bits per heavy atom. The zero-order chi connectivity index (χ0) is 14.4. The van der Waals surface area contributed by atoms with Gasteiger partial charge in [0.1, 0.15) is 6.07 Å². The minimum atomic E-state index is 0.125. The van der Waals surface area contributed by atoms with E-state index in [4.69, 9.17) is 11.0 Å². The van der Waals surface area contributed by atoms with Crippen LogP contribution in [0.25, 0.3) is 11.3 Å². The summed E-state index contributed by atoms with van der Waals surface area (Å²) in [5.74, 6) is 0. The van der Waals surface area contributed by atoms with E-state index in [9.17, 15) is 0 Å². The monoisotopic (exact) mass is 281 g/mol. The fourth-order valence-corrected chi connectivity index (χ4v) is 1.59. The third-order valence-corrected chi connectivity index (χ3v) is 2.58. The first-order valence-electron chi connectivity index (χ1n) is 5.74. The van der Waals surface area contributed by atoms with Crippen molar-refractivity contribution in [3.05, 3.63) is 53.7 Å². The van der Waals surface area contributed by atoms with Crippen LogP contribution in [0.5, 0.6) is 0 Å². The van der Waals surface area contributed by atoms with Crippen LogP contribution < -0.4 is 11.2 Å². The molecule has 0 unspecified atom stereocenters. The summed E-state index contributed by atoms with van der Waals surface area (Å²) >= 11 is 4.64. The predicted molar refractivity (Wildman–Crippen MR) is 81.9 cm³/mol. The Morgan fingerprint density at radius 2 is 2.05 bits per heavy atom. The number of nitriles is 1. The van der Waals surface area contributed by atoms with Crippen LogP contribution in [0.4, 0.5) is 0 Å². The second-order valence-corrected chi connectivity index (χ2v) is 4.34. The Labute approximate surface area is 121 Å². The van der Waals surface area contributed by atoms with Gasteiger partial charge >= 0.3 is 0 Å². The van der Waals surface area contributed by atoms with E-state index < -0.39 is 0 Å². The van der Waals surface area contributed by atoms with Gasteiger partial charge in [-0.05, 0) is 29.9 Å². The summed E-state index contributed by atoms with van der Waals surface area (Å²) in [6.45, 7) is 0. The van der Waals surface area contributed by atoms with Gasteiger partial charge in [-0.15, -0.1) is 0 Å². The number of hydrogen-bond donors (Lipinski definition) is 2.